The van der Waals surface area contributed by atoms with Gasteiger partial charge in [-0.3, -0.25) is 9.45 Å². The van der Waals surface area contributed by atoms with Crippen LogP contribution < -0.4 is 18.9 Å². The number of aliphatic imine (C=N–C) groups is 1. The molecule has 0 bridgehead atoms. The molecule has 2 aliphatic heterocycles. The number of carbonyl (C=O) groups is 1. The number of methoxy groups -OCH3 is 2. The van der Waals surface area contributed by atoms with Crippen molar-refractivity contribution in [3.63, 3.8) is 0 Å². The molecule has 0 amide bonds. The first-order chi connectivity index (χ1) is 30.7. The third-order valence-electron chi connectivity index (χ3n) is 10.8. The van der Waals surface area contributed by atoms with Crippen LogP contribution in [0.5, 0.6) is 23.0 Å². The van der Waals surface area contributed by atoms with E-state index in [1.807, 2.05) is 66.9 Å². The summed E-state index contributed by atoms with van der Waals surface area (Å²) in [6, 6.07) is 24.0. The second-order valence-electron chi connectivity index (χ2n) is 16.5. The van der Waals surface area contributed by atoms with Gasteiger partial charge in [0.2, 0.25) is 6.19 Å². The first kappa shape index (κ1) is 55.6. The molecule has 4 aromatic carbocycles. The number of nitrogens with zero attached hydrogens (tertiary/aromatic N) is 3. The fraction of sp³-hybridized carbons (Fsp3) is 0.383. The van der Waals surface area contributed by atoms with Gasteiger partial charge in [0.05, 0.1) is 37.3 Å². The molecule has 0 saturated heterocycles. The number of nitriles is 1. The Kier molecular flexibility index (Phi) is 21.9. The molecule has 2 atom stereocenters. The Balaban J connectivity index is 0.000000218. The van der Waals surface area contributed by atoms with Gasteiger partial charge in [-0.15, -0.1) is 23.2 Å². The molecule has 2 unspecified atom stereocenters. The van der Waals surface area contributed by atoms with Crippen LogP contribution in [0, 0.1) is 11.5 Å². The molecule has 8 nitrogen and oxygen atoms in total. The van der Waals surface area contributed by atoms with Crippen molar-refractivity contribution in [1.82, 2.24) is 0 Å². The van der Waals surface area contributed by atoms with E-state index in [4.69, 9.17) is 79.4 Å². The molecule has 0 N–H and O–H groups in total. The minimum atomic E-state index is -3.11. The van der Waals surface area contributed by atoms with Crippen molar-refractivity contribution in [2.45, 2.75) is 95.1 Å². The van der Waals surface area contributed by atoms with Crippen LogP contribution in [0.4, 0.5) is 0 Å². The van der Waals surface area contributed by atoms with Crippen LogP contribution in [-0.4, -0.2) is 56.4 Å². The van der Waals surface area contributed by atoms with E-state index in [0.717, 1.165) is 88.8 Å². The number of carbonyl (C=O) groups excluding carboxylic acids is 1. The summed E-state index contributed by atoms with van der Waals surface area (Å²) in [6.45, 7) is 9.82. The molecule has 2 aliphatic carbocycles. The number of ether oxygens (including phenoxy) is 4. The van der Waals surface area contributed by atoms with Gasteiger partial charge in [0.25, 0.3) is 0 Å². The summed E-state index contributed by atoms with van der Waals surface area (Å²) in [4.78, 5) is 16.9. The van der Waals surface area contributed by atoms with Gasteiger partial charge in [-0.1, -0.05) is 56.1 Å². The topological polar surface area (TPSA) is 103 Å². The molecule has 0 aromatic heterocycles. The van der Waals surface area contributed by atoms with E-state index in [9.17, 15) is 10.1 Å². The number of fused-ring (bicyclic) bond motifs is 4. The quantitative estimate of drug-likeness (QED) is 0.0876. The second-order valence-corrected chi connectivity index (χ2v) is 39.2. The van der Waals surface area contributed by atoms with Gasteiger partial charge in [0.15, 0.2) is 14.0 Å². The predicted octanol–water partition coefficient (Wildman–Crippen LogP) is 15.4. The van der Waals surface area contributed by atoms with E-state index >= 15 is 0 Å². The molecule has 2 heterocycles. The molecule has 18 heteroatoms. The van der Waals surface area contributed by atoms with Crippen LogP contribution in [0.2, 0.25) is 19.6 Å². The fourth-order valence-electron chi connectivity index (χ4n) is 8.38. The number of hydrogen-bond donors (Lipinski definition) is 0. The zero-order valence-electron chi connectivity index (χ0n) is 36.8. The van der Waals surface area contributed by atoms with Gasteiger partial charge in [-0.05, 0) is 141 Å². The number of benzene rings is 4. The number of ketones is 1. The first-order valence-electron chi connectivity index (χ1n) is 20.6. The summed E-state index contributed by atoms with van der Waals surface area (Å²) in [7, 11) is 22.3. The van der Waals surface area contributed by atoms with Gasteiger partial charge < -0.3 is 18.9 Å². The van der Waals surface area contributed by atoms with Crippen molar-refractivity contribution in [2.24, 2.45) is 9.65 Å². The van der Waals surface area contributed by atoms with Crippen LogP contribution in [-0.2, 0) is 38.0 Å². The summed E-state index contributed by atoms with van der Waals surface area (Å²) in [5, 5.41) is 9.37. The third-order valence-corrected chi connectivity index (χ3v) is 12.6. The average Bonchev–Trinajstić information content (AvgIpc) is 3.52. The monoisotopic (exact) mass is 1180 g/mol. The van der Waals surface area contributed by atoms with E-state index in [0.29, 0.717) is 24.2 Å². The number of halogens is 8. The molecule has 0 fully saturated rings. The molecule has 348 valence electrons. The zero-order valence-corrected chi connectivity index (χ0v) is 47.1. The van der Waals surface area contributed by atoms with Crippen LogP contribution in [0.3, 0.4) is 0 Å². The Morgan fingerprint density at radius 1 is 0.769 bits per heavy atom. The van der Waals surface area contributed by atoms with Gasteiger partial charge in [-0.25, -0.2) is 0 Å². The summed E-state index contributed by atoms with van der Waals surface area (Å²) >= 11 is 13.3. The van der Waals surface area contributed by atoms with E-state index < -0.39 is 26.2 Å². The Morgan fingerprint density at radius 2 is 1.22 bits per heavy atom. The maximum absolute atomic E-state index is 12.7. The predicted molar refractivity (Wildman–Crippen MR) is 276 cm³/mol. The summed E-state index contributed by atoms with van der Waals surface area (Å²) < 4.78 is 29.9. The minimum absolute atomic E-state index is 0.170. The number of hydrogen-bond acceptors (Lipinski definition) is 8. The number of alkyl halides is 2. The second kappa shape index (κ2) is 25.6. The van der Waals surface area contributed by atoms with Crippen molar-refractivity contribution in [3.05, 3.63) is 122 Å². The zero-order chi connectivity index (χ0) is 48.0. The van der Waals surface area contributed by atoms with E-state index in [1.165, 1.54) is 22.3 Å². The maximum atomic E-state index is 12.7. The van der Waals surface area contributed by atoms with Gasteiger partial charge in [0.1, 0.15) is 34.2 Å². The third kappa shape index (κ3) is 16.9. The summed E-state index contributed by atoms with van der Waals surface area (Å²) in [6.07, 6.45) is 10.3. The molecule has 65 heavy (non-hydrogen) atoms. The molecule has 0 radical (unpaired) electrons. The van der Waals surface area contributed by atoms with Crippen LogP contribution in [0.1, 0.15) is 76.7 Å². The Bertz CT molecular complexity index is 2420. The summed E-state index contributed by atoms with van der Waals surface area (Å²) in [5.74, 6) is 6.12. The number of Topliss-reactive ketones (excluding diaryl/α,β-unsaturated/α-hetero) is 1. The van der Waals surface area contributed by atoms with Crippen molar-refractivity contribution >= 4 is 118 Å². The molecular weight excluding hydrogens is 1140 g/mol. The first-order valence-corrected chi connectivity index (χ1v) is 35.3. The van der Waals surface area contributed by atoms with Crippen molar-refractivity contribution in [1.29, 1.82) is 5.26 Å². The Hall–Kier alpha value is -2.01. The van der Waals surface area contributed by atoms with Crippen molar-refractivity contribution in [3.8, 4) is 29.2 Å². The average molecular weight is 1190 g/mol. The van der Waals surface area contributed by atoms with E-state index in [1.54, 1.807) is 14.2 Å². The van der Waals surface area contributed by atoms with Crippen LogP contribution >= 0.6 is 92.3 Å². The molecule has 4 aliphatic rings. The standard InChI is InChI=1S/C21H19BrN2O2.C20H19BrO3.C5H11NSi.CH2Cl2.4ClH.Ti/c1-25-19-6-2-4-14-11-21(9-3-5-16(14)19)12-18(24-13-23)17-10-15(22)7-8-20(17)26-21;1-23-18-6-2-4-13-11-20(9-3-5-15(13)18)12-17(22)16-10-14(21)7-8-19(16)24-20;1-5-6-7(2,3)4;2-1-3;;;;;/h2,4,6-8,10H,3,5,9,11-12H2,1H3;2,4,6-8,10H,3,5,9,11-12H2,1H3;1H2,2-4H3;1H2;4*1H;/q;;;;;;;;+4/p-4. The van der Waals surface area contributed by atoms with Gasteiger partial charge >= 0.3 is 49.6 Å². The normalized spacial score (nSPS) is 19.6. The molecule has 2 spiro atoms. The fourth-order valence-corrected chi connectivity index (χ4v) is 9.57. The van der Waals surface area contributed by atoms with Gasteiger partial charge in [-0.2, -0.15) is 10.3 Å². The number of rotatable bonds is 3. The summed E-state index contributed by atoms with van der Waals surface area (Å²) in [5.41, 5.74) is 6.63. The molecule has 4 aromatic rings. The van der Waals surface area contributed by atoms with Crippen molar-refractivity contribution < 1.29 is 36.1 Å². The Labute approximate surface area is 430 Å². The van der Waals surface area contributed by atoms with Crippen LogP contribution in [0.15, 0.2) is 98.0 Å². The SMILES string of the molecule is C=C=N[Si](C)(C)C.COc1cccc2c1CCCC1(CC(=NC#N)c3cc(Br)ccc3O1)C2.COc1cccc2c1CCCC1(CC(=O)c3cc(Br)ccc3O1)C2.ClCCl.[Cl][Ti]([Cl])([Cl])[Cl]. The van der Waals surface area contributed by atoms with Crippen molar-refractivity contribution in [2.75, 3.05) is 19.6 Å². The molecule has 8 rings (SSSR count). The molecular formula is C47H51Br2Cl6N3O5SiTi. The molecule has 0 saturated carbocycles. The van der Waals surface area contributed by atoms with E-state index in [2.05, 4.69) is 85.7 Å². The van der Waals surface area contributed by atoms with Crippen LogP contribution in [0.25, 0.3) is 0 Å². The Morgan fingerprint density at radius 3 is 1.63 bits per heavy atom. The van der Waals surface area contributed by atoms with E-state index in [-0.39, 0.29) is 16.7 Å². The van der Waals surface area contributed by atoms with Gasteiger partial charge in [0, 0.05) is 33.8 Å².